The van der Waals surface area contributed by atoms with Crippen LogP contribution in [0.4, 0.5) is 0 Å². The normalized spacial score (nSPS) is 16.8. The van der Waals surface area contributed by atoms with Crippen LogP contribution in [0.1, 0.15) is 55.6 Å². The van der Waals surface area contributed by atoms with E-state index in [4.69, 9.17) is 10.8 Å². The molecule has 1 aliphatic carbocycles. The zero-order valence-electron chi connectivity index (χ0n) is 14.7. The third-order valence-electron chi connectivity index (χ3n) is 4.84. The van der Waals surface area contributed by atoms with Gasteiger partial charge in [0.2, 0.25) is 5.91 Å². The minimum absolute atomic E-state index is 0.0370. The van der Waals surface area contributed by atoms with Gasteiger partial charge in [-0.25, -0.2) is 4.79 Å². The molecule has 0 saturated heterocycles. The lowest BCUT2D eigenvalue weighted by atomic mass is 9.94. The summed E-state index contributed by atoms with van der Waals surface area (Å²) in [6.07, 6.45) is 4.63. The number of nitrogens with one attached hydrogen (secondary N) is 1. The molecule has 2 atom stereocenters. The highest BCUT2D eigenvalue weighted by Crippen LogP contribution is 2.34. The van der Waals surface area contributed by atoms with Gasteiger partial charge in [0.25, 0.3) is 0 Å². The summed E-state index contributed by atoms with van der Waals surface area (Å²) in [4.78, 5) is 34.1. The number of carboxylic acids is 2. The van der Waals surface area contributed by atoms with Gasteiger partial charge in [-0.3, -0.25) is 9.59 Å². The van der Waals surface area contributed by atoms with Gasteiger partial charge in [-0.05, 0) is 36.3 Å². The molecule has 1 aliphatic rings. The van der Waals surface area contributed by atoms with Gasteiger partial charge in [-0.15, -0.1) is 0 Å². The van der Waals surface area contributed by atoms with Gasteiger partial charge in [0.05, 0.1) is 6.04 Å². The van der Waals surface area contributed by atoms with Gasteiger partial charge in [0, 0.05) is 12.8 Å². The van der Waals surface area contributed by atoms with Gasteiger partial charge >= 0.3 is 11.9 Å². The summed E-state index contributed by atoms with van der Waals surface area (Å²) in [6, 6.07) is 5.71. The lowest BCUT2D eigenvalue weighted by molar-refractivity contribution is -0.142. The summed E-state index contributed by atoms with van der Waals surface area (Å²) in [7, 11) is 0. The molecule has 142 valence electrons. The van der Waals surface area contributed by atoms with E-state index in [1.54, 1.807) is 0 Å². The quantitative estimate of drug-likeness (QED) is 0.528. The Kier molecular flexibility index (Phi) is 7.15. The Balaban J connectivity index is 1.99. The van der Waals surface area contributed by atoms with Crippen molar-refractivity contribution in [2.24, 2.45) is 5.73 Å². The molecule has 5 N–H and O–H groups in total. The Morgan fingerprint density at radius 1 is 1.19 bits per heavy atom. The van der Waals surface area contributed by atoms with E-state index in [2.05, 4.69) is 11.4 Å². The standard InChI is InChI=1S/C19H26N2O5/c20-15(8-9-17(22)23)18(24)21-16(19(25)26)11-12-4-3-7-14(10-12)13-5-1-2-6-13/h3-4,7,10,13,15-16H,1-2,5-6,8-9,11,20H2,(H,21,24)(H,22,23)(H,25,26)/t15-,16-/m0/s1. The number of rotatable bonds is 9. The number of carbonyl (C=O) groups excluding carboxylic acids is 1. The Morgan fingerprint density at radius 3 is 2.50 bits per heavy atom. The van der Waals surface area contributed by atoms with Crippen molar-refractivity contribution in [2.45, 2.75) is 62.9 Å². The maximum absolute atomic E-state index is 12.0. The number of hydrogen-bond acceptors (Lipinski definition) is 4. The first-order chi connectivity index (χ1) is 12.4. The van der Waals surface area contributed by atoms with E-state index in [0.29, 0.717) is 5.92 Å². The van der Waals surface area contributed by atoms with Crippen molar-refractivity contribution in [2.75, 3.05) is 0 Å². The van der Waals surface area contributed by atoms with E-state index in [1.807, 2.05) is 18.2 Å². The van der Waals surface area contributed by atoms with E-state index in [0.717, 1.165) is 18.4 Å². The molecule has 0 aromatic heterocycles. The molecule has 0 bridgehead atoms. The molecule has 1 fully saturated rings. The van der Waals surface area contributed by atoms with E-state index < -0.39 is 29.9 Å². The second-order valence-corrected chi connectivity index (χ2v) is 6.87. The minimum atomic E-state index is -1.14. The number of hydrogen-bond donors (Lipinski definition) is 4. The third-order valence-corrected chi connectivity index (χ3v) is 4.84. The second kappa shape index (κ2) is 9.33. The van der Waals surface area contributed by atoms with Crippen LogP contribution in [0.5, 0.6) is 0 Å². The van der Waals surface area contributed by atoms with E-state index in [1.165, 1.54) is 18.4 Å². The summed E-state index contributed by atoms with van der Waals surface area (Å²) in [6.45, 7) is 0. The van der Waals surface area contributed by atoms with Crippen LogP contribution in [-0.2, 0) is 20.8 Å². The topological polar surface area (TPSA) is 130 Å². The maximum atomic E-state index is 12.0. The molecule has 7 heteroatoms. The zero-order valence-corrected chi connectivity index (χ0v) is 14.7. The molecule has 26 heavy (non-hydrogen) atoms. The first-order valence-electron chi connectivity index (χ1n) is 8.96. The molecular formula is C19H26N2O5. The molecule has 1 amide bonds. The smallest absolute Gasteiger partial charge is 0.326 e. The fourth-order valence-corrected chi connectivity index (χ4v) is 3.36. The van der Waals surface area contributed by atoms with Gasteiger partial charge in [0.15, 0.2) is 0 Å². The molecule has 0 radical (unpaired) electrons. The van der Waals surface area contributed by atoms with Crippen LogP contribution in [-0.4, -0.2) is 40.1 Å². The van der Waals surface area contributed by atoms with Crippen LogP contribution in [0.3, 0.4) is 0 Å². The molecule has 0 aliphatic heterocycles. The average Bonchev–Trinajstić information content (AvgIpc) is 3.13. The summed E-state index contributed by atoms with van der Waals surface area (Å²) in [5, 5.41) is 20.5. The zero-order chi connectivity index (χ0) is 19.1. The van der Waals surface area contributed by atoms with Crippen LogP contribution >= 0.6 is 0 Å². The monoisotopic (exact) mass is 362 g/mol. The minimum Gasteiger partial charge on any atom is -0.481 e. The Morgan fingerprint density at radius 2 is 1.88 bits per heavy atom. The molecule has 1 aromatic carbocycles. The Labute approximate surface area is 152 Å². The number of nitrogens with two attached hydrogens (primary N) is 1. The SMILES string of the molecule is N[C@@H](CCC(=O)O)C(=O)N[C@@H](Cc1cccc(C2CCCC2)c1)C(=O)O. The van der Waals surface area contributed by atoms with E-state index >= 15 is 0 Å². The highest BCUT2D eigenvalue weighted by atomic mass is 16.4. The van der Waals surface area contributed by atoms with Crippen LogP contribution in [0.15, 0.2) is 24.3 Å². The number of amides is 1. The van der Waals surface area contributed by atoms with Gasteiger partial charge in [0.1, 0.15) is 6.04 Å². The molecule has 7 nitrogen and oxygen atoms in total. The van der Waals surface area contributed by atoms with E-state index in [9.17, 15) is 19.5 Å². The van der Waals surface area contributed by atoms with Crippen molar-refractivity contribution >= 4 is 17.8 Å². The molecule has 1 aromatic rings. The van der Waals surface area contributed by atoms with Gasteiger partial charge in [-0.1, -0.05) is 37.1 Å². The molecule has 0 unspecified atom stereocenters. The maximum Gasteiger partial charge on any atom is 0.326 e. The van der Waals surface area contributed by atoms with Crippen LogP contribution in [0, 0.1) is 0 Å². The van der Waals surface area contributed by atoms with Crippen molar-refractivity contribution in [3.63, 3.8) is 0 Å². The molecule has 0 spiro atoms. The number of aliphatic carboxylic acids is 2. The number of benzene rings is 1. The first-order valence-corrected chi connectivity index (χ1v) is 8.96. The second-order valence-electron chi connectivity index (χ2n) is 6.87. The van der Waals surface area contributed by atoms with Gasteiger partial charge in [-0.2, -0.15) is 0 Å². The highest BCUT2D eigenvalue weighted by molar-refractivity contribution is 5.87. The predicted octanol–water partition coefficient (Wildman–Crippen LogP) is 1.65. The summed E-state index contributed by atoms with van der Waals surface area (Å²) in [5.74, 6) is -2.32. The fourth-order valence-electron chi connectivity index (χ4n) is 3.36. The van der Waals surface area contributed by atoms with Crippen LogP contribution in [0.2, 0.25) is 0 Å². The van der Waals surface area contributed by atoms with Crippen molar-refractivity contribution in [3.05, 3.63) is 35.4 Å². The van der Waals surface area contributed by atoms with Crippen molar-refractivity contribution < 1.29 is 24.6 Å². The third kappa shape index (κ3) is 5.84. The first kappa shape index (κ1) is 19.9. The van der Waals surface area contributed by atoms with Crippen LogP contribution < -0.4 is 11.1 Å². The summed E-state index contributed by atoms with van der Waals surface area (Å²) < 4.78 is 0. The van der Waals surface area contributed by atoms with Crippen molar-refractivity contribution in [1.82, 2.24) is 5.32 Å². The van der Waals surface area contributed by atoms with Gasteiger partial charge < -0.3 is 21.3 Å². The van der Waals surface area contributed by atoms with Crippen molar-refractivity contribution in [3.8, 4) is 0 Å². The lowest BCUT2D eigenvalue weighted by Gasteiger charge is -2.18. The largest absolute Gasteiger partial charge is 0.481 e. The van der Waals surface area contributed by atoms with E-state index in [-0.39, 0.29) is 19.3 Å². The van der Waals surface area contributed by atoms with Crippen LogP contribution in [0.25, 0.3) is 0 Å². The summed E-state index contributed by atoms with van der Waals surface area (Å²) >= 11 is 0. The average molecular weight is 362 g/mol. The molecular weight excluding hydrogens is 336 g/mol. The molecule has 1 saturated carbocycles. The Bertz CT molecular complexity index is 655. The lowest BCUT2D eigenvalue weighted by Crippen LogP contribution is -2.49. The Hall–Kier alpha value is -2.41. The molecule has 2 rings (SSSR count). The fraction of sp³-hybridized carbons (Fsp3) is 0.526. The number of carboxylic acid groups (broad SMARTS) is 2. The predicted molar refractivity (Wildman–Crippen MR) is 95.8 cm³/mol. The van der Waals surface area contributed by atoms with Crippen molar-refractivity contribution in [1.29, 1.82) is 0 Å². The summed E-state index contributed by atoms with van der Waals surface area (Å²) in [5.41, 5.74) is 7.71. The highest BCUT2D eigenvalue weighted by Gasteiger charge is 2.24. The molecule has 0 heterocycles. The number of carbonyl (C=O) groups is 3.